The number of aryl methyl sites for hydroxylation is 2. The van der Waals surface area contributed by atoms with Crippen LogP contribution in [-0.4, -0.2) is 7.85 Å². The molecule has 0 fully saturated rings. The molecule has 2 aromatic carbocycles. The van der Waals surface area contributed by atoms with Gasteiger partial charge in [-0.15, -0.1) is 0 Å². The van der Waals surface area contributed by atoms with E-state index in [4.69, 9.17) is 7.85 Å². The molecule has 2 radical (unpaired) electrons. The van der Waals surface area contributed by atoms with Crippen LogP contribution >= 0.6 is 0 Å². The molecule has 0 unspecified atom stereocenters. The van der Waals surface area contributed by atoms with Gasteiger partial charge >= 0.3 is 0 Å². The smallest absolute Gasteiger partial charge is 0.0665 e. The van der Waals surface area contributed by atoms with Crippen molar-refractivity contribution < 1.29 is 0 Å². The van der Waals surface area contributed by atoms with Gasteiger partial charge in [0.05, 0.1) is 7.85 Å². The summed E-state index contributed by atoms with van der Waals surface area (Å²) in [5.41, 5.74) is 5.30. The largest absolute Gasteiger partial charge is 0.0779 e. The third-order valence-electron chi connectivity index (χ3n) is 3.36. The van der Waals surface area contributed by atoms with Crippen LogP contribution in [0.3, 0.4) is 0 Å². The van der Waals surface area contributed by atoms with E-state index in [0.717, 1.165) is 0 Å². The normalized spacial score (nSPS) is 10.8. The monoisotopic (exact) mass is 220 g/mol. The molecule has 0 N–H and O–H groups in total. The van der Waals surface area contributed by atoms with E-state index in [1.807, 2.05) is 0 Å². The molecule has 0 spiro atoms. The highest BCUT2D eigenvalue weighted by Gasteiger charge is 2.14. The molecule has 0 atom stereocenters. The predicted molar refractivity (Wildman–Crippen MR) is 74.8 cm³/mol. The second-order valence-electron chi connectivity index (χ2n) is 4.50. The topological polar surface area (TPSA) is 0 Å². The summed E-state index contributed by atoms with van der Waals surface area (Å²) in [6.07, 6.45) is 0.649. The second-order valence-corrected chi connectivity index (χ2v) is 4.50. The molecule has 2 aromatic rings. The van der Waals surface area contributed by atoms with Gasteiger partial charge in [0, 0.05) is 5.92 Å². The average molecular weight is 220 g/mol. The van der Waals surface area contributed by atoms with Crippen LogP contribution in [0, 0.1) is 13.8 Å². The van der Waals surface area contributed by atoms with Gasteiger partial charge < -0.3 is 0 Å². The molecule has 0 bridgehead atoms. The van der Waals surface area contributed by atoms with E-state index in [1.165, 1.54) is 22.3 Å². The summed E-state index contributed by atoms with van der Waals surface area (Å²) in [5, 5.41) is 0. The van der Waals surface area contributed by atoms with Crippen LogP contribution in [0.15, 0.2) is 48.5 Å². The summed E-state index contributed by atoms with van der Waals surface area (Å²) in [7, 11) is 5.97. The molecule has 0 amide bonds. The van der Waals surface area contributed by atoms with E-state index < -0.39 is 0 Å². The number of hydrogen-bond acceptors (Lipinski definition) is 0. The maximum atomic E-state index is 5.97. The lowest BCUT2D eigenvalue weighted by molar-refractivity contribution is 0.896. The van der Waals surface area contributed by atoms with Crippen LogP contribution in [0.1, 0.15) is 28.2 Å². The summed E-state index contributed by atoms with van der Waals surface area (Å²) < 4.78 is 0. The Labute approximate surface area is 105 Å². The number of hydrogen-bond donors (Lipinski definition) is 0. The molecule has 1 heteroatoms. The van der Waals surface area contributed by atoms with Crippen LogP contribution in [0.2, 0.25) is 6.32 Å². The molecular weight excluding hydrogens is 203 g/mol. The van der Waals surface area contributed by atoms with Crippen molar-refractivity contribution in [3.05, 3.63) is 70.8 Å². The van der Waals surface area contributed by atoms with Crippen molar-refractivity contribution in [3.63, 3.8) is 0 Å². The Morgan fingerprint density at radius 3 is 1.59 bits per heavy atom. The Kier molecular flexibility index (Phi) is 3.68. The van der Waals surface area contributed by atoms with Crippen LogP contribution in [-0.2, 0) is 0 Å². The van der Waals surface area contributed by atoms with E-state index in [-0.39, 0.29) is 0 Å². The standard InChI is InChI=1S/C16H17B/c1-12-7-3-5-9-14(12)16(11-17)15-10-6-4-8-13(15)2/h3-10,16H,11H2,1-2H3. The van der Waals surface area contributed by atoms with Crippen molar-refractivity contribution in [3.8, 4) is 0 Å². The van der Waals surface area contributed by atoms with Gasteiger partial charge in [0.25, 0.3) is 0 Å². The lowest BCUT2D eigenvalue weighted by Crippen LogP contribution is -2.04. The minimum absolute atomic E-state index is 0.303. The van der Waals surface area contributed by atoms with Gasteiger partial charge in [0.15, 0.2) is 0 Å². The molecule has 0 nitrogen and oxygen atoms in total. The van der Waals surface area contributed by atoms with Crippen molar-refractivity contribution in [2.24, 2.45) is 0 Å². The molecule has 0 saturated heterocycles. The minimum Gasteiger partial charge on any atom is -0.0779 e. The van der Waals surface area contributed by atoms with Crippen LogP contribution in [0.5, 0.6) is 0 Å². The van der Waals surface area contributed by atoms with E-state index in [2.05, 4.69) is 62.4 Å². The summed E-state index contributed by atoms with van der Waals surface area (Å²) in [4.78, 5) is 0. The zero-order valence-corrected chi connectivity index (χ0v) is 10.5. The second kappa shape index (κ2) is 5.22. The van der Waals surface area contributed by atoms with Crippen molar-refractivity contribution in [2.45, 2.75) is 26.1 Å². The Balaban J connectivity index is 2.48. The number of rotatable bonds is 3. The van der Waals surface area contributed by atoms with Gasteiger partial charge in [0.2, 0.25) is 0 Å². The zero-order valence-electron chi connectivity index (χ0n) is 10.5. The van der Waals surface area contributed by atoms with Gasteiger partial charge in [0.1, 0.15) is 0 Å². The van der Waals surface area contributed by atoms with Gasteiger partial charge in [-0.3, -0.25) is 0 Å². The molecule has 0 saturated carbocycles. The average Bonchev–Trinajstić information content (AvgIpc) is 2.34. The molecule has 0 heterocycles. The number of benzene rings is 2. The molecule has 0 aliphatic heterocycles. The van der Waals surface area contributed by atoms with E-state index in [1.54, 1.807) is 0 Å². The highest BCUT2D eigenvalue weighted by Crippen LogP contribution is 2.31. The summed E-state index contributed by atoms with van der Waals surface area (Å²) in [6, 6.07) is 17.0. The molecule has 17 heavy (non-hydrogen) atoms. The first-order chi connectivity index (χ1) is 8.24. The van der Waals surface area contributed by atoms with Crippen LogP contribution in [0.4, 0.5) is 0 Å². The molecule has 0 aromatic heterocycles. The molecule has 2 rings (SSSR count). The Morgan fingerprint density at radius 2 is 1.24 bits per heavy atom. The van der Waals surface area contributed by atoms with E-state index in [0.29, 0.717) is 12.2 Å². The molecule has 0 aliphatic rings. The van der Waals surface area contributed by atoms with Crippen LogP contribution < -0.4 is 0 Å². The Hall–Kier alpha value is -1.50. The first-order valence-electron chi connectivity index (χ1n) is 6.05. The fourth-order valence-corrected chi connectivity index (χ4v) is 2.38. The maximum Gasteiger partial charge on any atom is 0.0665 e. The first-order valence-corrected chi connectivity index (χ1v) is 6.05. The third kappa shape index (κ3) is 2.44. The highest BCUT2D eigenvalue weighted by atomic mass is 14.2. The molecule has 84 valence electrons. The van der Waals surface area contributed by atoms with Crippen molar-refractivity contribution in [1.82, 2.24) is 0 Å². The minimum atomic E-state index is 0.303. The van der Waals surface area contributed by atoms with Gasteiger partial charge in [-0.2, -0.15) is 0 Å². The van der Waals surface area contributed by atoms with Gasteiger partial charge in [-0.25, -0.2) is 0 Å². The highest BCUT2D eigenvalue weighted by molar-refractivity contribution is 6.09. The quantitative estimate of drug-likeness (QED) is 0.685. The van der Waals surface area contributed by atoms with E-state index in [9.17, 15) is 0 Å². The first kappa shape index (κ1) is 12.0. The summed E-state index contributed by atoms with van der Waals surface area (Å²) in [5.74, 6) is 0.303. The van der Waals surface area contributed by atoms with Crippen molar-refractivity contribution >= 4 is 7.85 Å². The zero-order chi connectivity index (χ0) is 12.3. The lowest BCUT2D eigenvalue weighted by Gasteiger charge is -2.20. The van der Waals surface area contributed by atoms with Crippen molar-refractivity contribution in [1.29, 1.82) is 0 Å². The summed E-state index contributed by atoms with van der Waals surface area (Å²) >= 11 is 0. The van der Waals surface area contributed by atoms with Gasteiger partial charge in [-0.1, -0.05) is 54.9 Å². The fourth-order valence-electron chi connectivity index (χ4n) is 2.38. The maximum absolute atomic E-state index is 5.97. The van der Waals surface area contributed by atoms with Gasteiger partial charge in [-0.05, 0) is 36.1 Å². The molecular formula is C16H17B. The predicted octanol–water partition coefficient (Wildman–Crippen LogP) is 4.02. The van der Waals surface area contributed by atoms with Crippen molar-refractivity contribution in [2.75, 3.05) is 0 Å². The SMILES string of the molecule is [B]CC(c1ccccc1C)c1ccccc1C. The lowest BCUT2D eigenvalue weighted by atomic mass is 9.78. The van der Waals surface area contributed by atoms with E-state index >= 15 is 0 Å². The fraction of sp³-hybridized carbons (Fsp3) is 0.250. The van der Waals surface area contributed by atoms with Crippen LogP contribution in [0.25, 0.3) is 0 Å². The Bertz CT molecular complexity index is 457. The summed E-state index contributed by atoms with van der Waals surface area (Å²) in [6.45, 7) is 4.30. The third-order valence-corrected chi connectivity index (χ3v) is 3.36. The molecule has 0 aliphatic carbocycles. The Morgan fingerprint density at radius 1 is 0.824 bits per heavy atom.